The topological polar surface area (TPSA) is 12.9 Å². The van der Waals surface area contributed by atoms with E-state index in [4.69, 9.17) is 23.2 Å². The van der Waals surface area contributed by atoms with Crippen molar-refractivity contribution in [2.24, 2.45) is 0 Å². The first-order valence-electron chi connectivity index (χ1n) is 2.64. The number of aromatic nitrogens is 1. The van der Waals surface area contributed by atoms with Gasteiger partial charge in [-0.25, -0.2) is 0 Å². The number of thiol groups is 1. The van der Waals surface area contributed by atoms with Crippen LogP contribution in [0.25, 0.3) is 0 Å². The van der Waals surface area contributed by atoms with E-state index in [9.17, 15) is 0 Å². The summed E-state index contributed by atoms with van der Waals surface area (Å²) in [5.41, 5.74) is 0.859. The molecule has 0 N–H and O–H groups in total. The van der Waals surface area contributed by atoms with E-state index in [1.807, 2.05) is 0 Å². The third-order valence-corrected chi connectivity index (χ3v) is 2.25. The Bertz CT molecular complexity index is 239. The van der Waals surface area contributed by atoms with Gasteiger partial charge in [0, 0.05) is 23.7 Å². The first kappa shape index (κ1) is 8.18. The summed E-state index contributed by atoms with van der Waals surface area (Å²) in [5, 5.41) is 1.03. The average Bonchev–Trinajstić information content (AvgIpc) is 1.95. The number of halogens is 2. The van der Waals surface area contributed by atoms with Crippen molar-refractivity contribution in [3.8, 4) is 0 Å². The van der Waals surface area contributed by atoms with Crippen LogP contribution in [0.4, 0.5) is 0 Å². The standard InChI is InChI=1S/C6H5Cl2NS/c7-5-2-9-1-4(3-10)6(5)8/h1-2,10H,3H2. The lowest BCUT2D eigenvalue weighted by atomic mass is 10.3. The number of rotatable bonds is 1. The first-order chi connectivity index (χ1) is 4.75. The minimum Gasteiger partial charge on any atom is -0.263 e. The summed E-state index contributed by atoms with van der Waals surface area (Å²) < 4.78 is 0. The third kappa shape index (κ3) is 1.57. The van der Waals surface area contributed by atoms with Gasteiger partial charge in [0.2, 0.25) is 0 Å². The predicted molar refractivity (Wildman–Crippen MR) is 46.9 cm³/mol. The van der Waals surface area contributed by atoms with Crippen LogP contribution in [0.2, 0.25) is 10.0 Å². The van der Waals surface area contributed by atoms with Crippen molar-refractivity contribution in [2.75, 3.05) is 0 Å². The molecule has 0 saturated heterocycles. The molecule has 1 heterocycles. The van der Waals surface area contributed by atoms with Crippen LogP contribution in [0.5, 0.6) is 0 Å². The summed E-state index contributed by atoms with van der Waals surface area (Å²) in [7, 11) is 0. The molecule has 0 amide bonds. The minimum absolute atomic E-state index is 0.480. The van der Waals surface area contributed by atoms with Crippen LogP contribution < -0.4 is 0 Å². The van der Waals surface area contributed by atoms with E-state index >= 15 is 0 Å². The van der Waals surface area contributed by atoms with Crippen molar-refractivity contribution in [1.82, 2.24) is 4.98 Å². The molecule has 0 spiro atoms. The highest BCUT2D eigenvalue weighted by Gasteiger charge is 2.01. The fraction of sp³-hybridized carbons (Fsp3) is 0.167. The molecule has 0 aliphatic heterocycles. The Morgan fingerprint density at radius 2 is 2.10 bits per heavy atom. The van der Waals surface area contributed by atoms with Gasteiger partial charge in [-0.05, 0) is 0 Å². The van der Waals surface area contributed by atoms with E-state index in [2.05, 4.69) is 17.6 Å². The largest absolute Gasteiger partial charge is 0.263 e. The molecule has 1 aromatic rings. The van der Waals surface area contributed by atoms with E-state index in [0.717, 1.165) is 5.56 Å². The highest BCUT2D eigenvalue weighted by atomic mass is 35.5. The Labute approximate surface area is 74.8 Å². The van der Waals surface area contributed by atoms with Crippen LogP contribution in [0.15, 0.2) is 12.4 Å². The Balaban J connectivity index is 3.14. The molecule has 0 atom stereocenters. The van der Waals surface area contributed by atoms with E-state index in [0.29, 0.717) is 15.8 Å². The molecule has 1 aromatic heterocycles. The molecular formula is C6H5Cl2NS. The summed E-state index contributed by atoms with van der Waals surface area (Å²) in [6, 6.07) is 0. The van der Waals surface area contributed by atoms with Crippen LogP contribution >= 0.6 is 35.8 Å². The maximum atomic E-state index is 5.77. The van der Waals surface area contributed by atoms with Gasteiger partial charge in [0.25, 0.3) is 0 Å². The van der Waals surface area contributed by atoms with Crippen molar-refractivity contribution in [2.45, 2.75) is 5.75 Å². The number of hydrogen-bond acceptors (Lipinski definition) is 2. The first-order valence-corrected chi connectivity index (χ1v) is 4.03. The third-order valence-electron chi connectivity index (χ3n) is 1.08. The zero-order valence-corrected chi connectivity index (χ0v) is 7.42. The maximum absolute atomic E-state index is 5.77. The molecule has 1 nitrogen and oxygen atoms in total. The summed E-state index contributed by atoms with van der Waals surface area (Å²) in [6.45, 7) is 0. The van der Waals surface area contributed by atoms with Crippen molar-refractivity contribution >= 4 is 35.8 Å². The van der Waals surface area contributed by atoms with E-state index < -0.39 is 0 Å². The number of hydrogen-bond donors (Lipinski definition) is 1. The number of nitrogens with zero attached hydrogens (tertiary/aromatic N) is 1. The quantitative estimate of drug-likeness (QED) is 0.678. The van der Waals surface area contributed by atoms with Crippen molar-refractivity contribution in [1.29, 1.82) is 0 Å². The zero-order chi connectivity index (χ0) is 7.56. The Morgan fingerprint density at radius 3 is 2.60 bits per heavy atom. The summed E-state index contributed by atoms with van der Waals surface area (Å²) in [6.07, 6.45) is 3.16. The Kier molecular flexibility index (Phi) is 2.83. The van der Waals surface area contributed by atoms with Gasteiger partial charge >= 0.3 is 0 Å². The van der Waals surface area contributed by atoms with Gasteiger partial charge < -0.3 is 0 Å². The molecule has 0 saturated carbocycles. The van der Waals surface area contributed by atoms with Crippen LogP contribution in [0.3, 0.4) is 0 Å². The van der Waals surface area contributed by atoms with Crippen molar-refractivity contribution < 1.29 is 0 Å². The molecule has 0 aliphatic carbocycles. The molecular weight excluding hydrogens is 189 g/mol. The van der Waals surface area contributed by atoms with Gasteiger partial charge in [-0.15, -0.1) is 0 Å². The molecule has 0 aliphatic rings. The van der Waals surface area contributed by atoms with Crippen molar-refractivity contribution in [3.05, 3.63) is 28.0 Å². The molecule has 1 rings (SSSR count). The second-order valence-electron chi connectivity index (χ2n) is 1.75. The van der Waals surface area contributed by atoms with Gasteiger partial charge in [0.15, 0.2) is 0 Å². The zero-order valence-electron chi connectivity index (χ0n) is 5.01. The second kappa shape index (κ2) is 3.46. The lowest BCUT2D eigenvalue weighted by Gasteiger charge is -1.99. The van der Waals surface area contributed by atoms with Gasteiger partial charge in [-0.3, -0.25) is 4.98 Å². The summed E-state index contributed by atoms with van der Waals surface area (Å²) in [4.78, 5) is 3.85. The molecule has 0 bridgehead atoms. The average molecular weight is 194 g/mol. The molecule has 0 aromatic carbocycles. The van der Waals surface area contributed by atoms with Gasteiger partial charge in [0.1, 0.15) is 0 Å². The fourth-order valence-corrected chi connectivity index (χ4v) is 1.24. The van der Waals surface area contributed by atoms with Gasteiger partial charge in [0.05, 0.1) is 10.0 Å². The summed E-state index contributed by atoms with van der Waals surface area (Å²) >= 11 is 15.5. The Hall–Kier alpha value is 0.0800. The molecule has 4 heteroatoms. The Morgan fingerprint density at radius 1 is 1.40 bits per heavy atom. The smallest absolute Gasteiger partial charge is 0.0778 e. The van der Waals surface area contributed by atoms with E-state index in [1.165, 1.54) is 6.20 Å². The molecule has 0 fully saturated rings. The van der Waals surface area contributed by atoms with E-state index in [-0.39, 0.29) is 0 Å². The van der Waals surface area contributed by atoms with E-state index in [1.54, 1.807) is 6.20 Å². The summed E-state index contributed by atoms with van der Waals surface area (Å²) in [5.74, 6) is 0.562. The highest BCUT2D eigenvalue weighted by Crippen LogP contribution is 2.24. The van der Waals surface area contributed by atoms with Gasteiger partial charge in [-0.2, -0.15) is 12.6 Å². The molecule has 10 heavy (non-hydrogen) atoms. The lowest BCUT2D eigenvalue weighted by Crippen LogP contribution is -1.82. The van der Waals surface area contributed by atoms with Crippen LogP contribution in [0.1, 0.15) is 5.56 Å². The monoisotopic (exact) mass is 193 g/mol. The maximum Gasteiger partial charge on any atom is 0.0778 e. The molecule has 0 radical (unpaired) electrons. The van der Waals surface area contributed by atoms with Crippen molar-refractivity contribution in [3.63, 3.8) is 0 Å². The minimum atomic E-state index is 0.480. The van der Waals surface area contributed by atoms with Crippen LogP contribution in [-0.2, 0) is 5.75 Å². The van der Waals surface area contributed by atoms with Gasteiger partial charge in [-0.1, -0.05) is 23.2 Å². The van der Waals surface area contributed by atoms with Crippen LogP contribution in [-0.4, -0.2) is 4.98 Å². The SMILES string of the molecule is SCc1cncc(Cl)c1Cl. The second-order valence-corrected chi connectivity index (χ2v) is 2.85. The normalized spacial score (nSPS) is 9.90. The molecule has 54 valence electrons. The highest BCUT2D eigenvalue weighted by molar-refractivity contribution is 7.79. The van der Waals surface area contributed by atoms with Crippen LogP contribution in [0, 0.1) is 0 Å². The lowest BCUT2D eigenvalue weighted by molar-refractivity contribution is 1.25. The molecule has 0 unspecified atom stereocenters. The predicted octanol–water partition coefficient (Wildman–Crippen LogP) is 2.82. The fourth-order valence-electron chi connectivity index (χ4n) is 0.570. The number of pyridine rings is 1.